The Morgan fingerprint density at radius 3 is 2.57 bits per heavy atom. The van der Waals surface area contributed by atoms with Crippen LogP contribution in [0.3, 0.4) is 0 Å². The molecule has 1 aliphatic rings. The fraction of sp³-hybridized carbons (Fsp3) is 1.00. The van der Waals surface area contributed by atoms with Gasteiger partial charge in [0, 0.05) is 25.2 Å². The Morgan fingerprint density at radius 2 is 2.07 bits per heavy atom. The fourth-order valence-electron chi connectivity index (χ4n) is 2.42. The molecule has 1 fully saturated rings. The average Bonchev–Trinajstić information content (AvgIpc) is 2.54. The number of nitrogens with zero attached hydrogens (tertiary/aromatic N) is 2. The Balaban J connectivity index is 2.32. The molecule has 0 aromatic heterocycles. The summed E-state index contributed by atoms with van der Waals surface area (Å²) in [5, 5.41) is 0. The van der Waals surface area contributed by atoms with Crippen LogP contribution >= 0.6 is 0 Å². The topological polar surface area (TPSA) is 32.5 Å². The summed E-state index contributed by atoms with van der Waals surface area (Å²) in [5.41, 5.74) is 5.80. The second-order valence-corrected chi connectivity index (χ2v) is 4.40. The van der Waals surface area contributed by atoms with Crippen molar-refractivity contribution in [1.82, 2.24) is 9.80 Å². The predicted molar refractivity (Wildman–Crippen MR) is 61.4 cm³/mol. The molecular formula is C11H25N3. The van der Waals surface area contributed by atoms with Gasteiger partial charge in [-0.15, -0.1) is 0 Å². The monoisotopic (exact) mass is 199 g/mol. The van der Waals surface area contributed by atoms with E-state index in [0.717, 1.165) is 12.6 Å². The van der Waals surface area contributed by atoms with Crippen LogP contribution in [0.25, 0.3) is 0 Å². The van der Waals surface area contributed by atoms with Crippen LogP contribution in [0.2, 0.25) is 0 Å². The van der Waals surface area contributed by atoms with Gasteiger partial charge in [-0.25, -0.2) is 0 Å². The summed E-state index contributed by atoms with van der Waals surface area (Å²) in [5.74, 6) is 0. The summed E-state index contributed by atoms with van der Waals surface area (Å²) in [6.45, 7) is 12.4. The van der Waals surface area contributed by atoms with Crippen LogP contribution in [0.4, 0.5) is 0 Å². The molecule has 0 radical (unpaired) electrons. The minimum atomic E-state index is 0.311. The van der Waals surface area contributed by atoms with Gasteiger partial charge in [0.15, 0.2) is 0 Å². The van der Waals surface area contributed by atoms with Gasteiger partial charge in [0.1, 0.15) is 0 Å². The lowest BCUT2D eigenvalue weighted by atomic mass is 10.2. The third-order valence-electron chi connectivity index (χ3n) is 3.12. The number of likely N-dealkylation sites (tertiary alicyclic amines) is 1. The first kappa shape index (κ1) is 12.0. The smallest absolute Gasteiger partial charge is 0.0235 e. The summed E-state index contributed by atoms with van der Waals surface area (Å²) in [6, 6.07) is 1.08. The molecule has 0 bridgehead atoms. The SMILES string of the molecule is CCN(CC)C1CCN(CC(C)N)C1. The molecular weight excluding hydrogens is 174 g/mol. The molecule has 84 valence electrons. The number of hydrogen-bond acceptors (Lipinski definition) is 3. The Bertz CT molecular complexity index is 155. The summed E-state index contributed by atoms with van der Waals surface area (Å²) in [4.78, 5) is 5.05. The van der Waals surface area contributed by atoms with Crippen molar-refractivity contribution in [2.75, 3.05) is 32.7 Å². The zero-order valence-corrected chi connectivity index (χ0v) is 9.87. The average molecular weight is 199 g/mol. The Morgan fingerprint density at radius 1 is 1.43 bits per heavy atom. The van der Waals surface area contributed by atoms with Crippen molar-refractivity contribution in [1.29, 1.82) is 0 Å². The molecule has 0 saturated carbocycles. The van der Waals surface area contributed by atoms with Crippen molar-refractivity contribution in [3.63, 3.8) is 0 Å². The molecule has 3 heteroatoms. The van der Waals surface area contributed by atoms with Crippen LogP contribution in [-0.4, -0.2) is 54.6 Å². The normalized spacial score (nSPS) is 25.9. The molecule has 1 rings (SSSR count). The molecule has 0 spiro atoms. The lowest BCUT2D eigenvalue weighted by molar-refractivity contribution is 0.209. The molecule has 2 atom stereocenters. The van der Waals surface area contributed by atoms with Crippen LogP contribution in [0, 0.1) is 0 Å². The van der Waals surface area contributed by atoms with Crippen molar-refractivity contribution in [3.05, 3.63) is 0 Å². The highest BCUT2D eigenvalue weighted by Crippen LogP contribution is 2.15. The number of nitrogens with two attached hydrogens (primary N) is 1. The molecule has 0 amide bonds. The zero-order chi connectivity index (χ0) is 10.6. The van der Waals surface area contributed by atoms with Gasteiger partial charge in [-0.3, -0.25) is 4.90 Å². The first-order chi connectivity index (χ1) is 6.67. The Labute approximate surface area is 88.2 Å². The summed E-state index contributed by atoms with van der Waals surface area (Å²) >= 11 is 0. The molecule has 14 heavy (non-hydrogen) atoms. The molecule has 1 aliphatic heterocycles. The van der Waals surface area contributed by atoms with E-state index >= 15 is 0 Å². The molecule has 1 saturated heterocycles. The van der Waals surface area contributed by atoms with Crippen molar-refractivity contribution >= 4 is 0 Å². The summed E-state index contributed by atoms with van der Waals surface area (Å²) in [6.07, 6.45) is 1.31. The molecule has 1 heterocycles. The van der Waals surface area contributed by atoms with E-state index in [1.165, 1.54) is 32.6 Å². The van der Waals surface area contributed by atoms with E-state index in [1.54, 1.807) is 0 Å². The number of likely N-dealkylation sites (N-methyl/N-ethyl adjacent to an activating group) is 1. The standard InChI is InChI=1S/C11H25N3/c1-4-14(5-2)11-6-7-13(9-11)8-10(3)12/h10-11H,4-9,12H2,1-3H3. The highest BCUT2D eigenvalue weighted by atomic mass is 15.2. The van der Waals surface area contributed by atoms with Crippen molar-refractivity contribution in [2.45, 2.75) is 39.3 Å². The van der Waals surface area contributed by atoms with Crippen LogP contribution in [-0.2, 0) is 0 Å². The molecule has 2 N–H and O–H groups in total. The molecule has 0 aromatic rings. The third kappa shape index (κ3) is 3.23. The van der Waals surface area contributed by atoms with Crippen LogP contribution in [0.1, 0.15) is 27.2 Å². The molecule has 3 nitrogen and oxygen atoms in total. The van der Waals surface area contributed by atoms with E-state index in [2.05, 4.69) is 30.6 Å². The Kier molecular flexibility index (Phi) is 4.85. The predicted octanol–water partition coefficient (Wildman–Crippen LogP) is 0.750. The van der Waals surface area contributed by atoms with E-state index in [4.69, 9.17) is 5.73 Å². The van der Waals surface area contributed by atoms with E-state index < -0.39 is 0 Å². The van der Waals surface area contributed by atoms with Gasteiger partial charge in [0.05, 0.1) is 0 Å². The largest absolute Gasteiger partial charge is 0.327 e. The van der Waals surface area contributed by atoms with E-state index in [-0.39, 0.29) is 0 Å². The summed E-state index contributed by atoms with van der Waals surface area (Å²) in [7, 11) is 0. The van der Waals surface area contributed by atoms with Gasteiger partial charge in [0.25, 0.3) is 0 Å². The second kappa shape index (κ2) is 5.69. The minimum absolute atomic E-state index is 0.311. The summed E-state index contributed by atoms with van der Waals surface area (Å²) < 4.78 is 0. The van der Waals surface area contributed by atoms with Crippen LogP contribution in [0.5, 0.6) is 0 Å². The molecule has 0 aromatic carbocycles. The maximum absolute atomic E-state index is 5.80. The van der Waals surface area contributed by atoms with Gasteiger partial charge in [-0.1, -0.05) is 13.8 Å². The van der Waals surface area contributed by atoms with E-state index in [9.17, 15) is 0 Å². The van der Waals surface area contributed by atoms with Gasteiger partial charge in [0.2, 0.25) is 0 Å². The van der Waals surface area contributed by atoms with Gasteiger partial charge >= 0.3 is 0 Å². The Hall–Kier alpha value is -0.120. The number of hydrogen-bond donors (Lipinski definition) is 1. The lowest BCUT2D eigenvalue weighted by Gasteiger charge is -2.26. The van der Waals surface area contributed by atoms with Gasteiger partial charge < -0.3 is 10.6 Å². The van der Waals surface area contributed by atoms with E-state index in [1.807, 2.05) is 0 Å². The third-order valence-corrected chi connectivity index (χ3v) is 3.12. The minimum Gasteiger partial charge on any atom is -0.327 e. The number of rotatable bonds is 5. The first-order valence-electron chi connectivity index (χ1n) is 5.89. The quantitative estimate of drug-likeness (QED) is 0.709. The maximum atomic E-state index is 5.80. The molecule has 0 aliphatic carbocycles. The van der Waals surface area contributed by atoms with Crippen LogP contribution in [0.15, 0.2) is 0 Å². The van der Waals surface area contributed by atoms with Crippen LogP contribution < -0.4 is 5.73 Å². The first-order valence-corrected chi connectivity index (χ1v) is 5.89. The van der Waals surface area contributed by atoms with Gasteiger partial charge in [-0.05, 0) is 33.0 Å². The molecule has 2 unspecified atom stereocenters. The van der Waals surface area contributed by atoms with Crippen molar-refractivity contribution in [2.24, 2.45) is 5.73 Å². The fourth-order valence-corrected chi connectivity index (χ4v) is 2.42. The highest BCUT2D eigenvalue weighted by Gasteiger charge is 2.25. The highest BCUT2D eigenvalue weighted by molar-refractivity contribution is 4.83. The van der Waals surface area contributed by atoms with Gasteiger partial charge in [-0.2, -0.15) is 0 Å². The zero-order valence-electron chi connectivity index (χ0n) is 9.87. The second-order valence-electron chi connectivity index (χ2n) is 4.40. The van der Waals surface area contributed by atoms with E-state index in [0.29, 0.717) is 6.04 Å². The lowest BCUT2D eigenvalue weighted by Crippen LogP contribution is -2.39. The van der Waals surface area contributed by atoms with Crippen molar-refractivity contribution in [3.8, 4) is 0 Å². The van der Waals surface area contributed by atoms with Crippen molar-refractivity contribution < 1.29 is 0 Å². The maximum Gasteiger partial charge on any atom is 0.0235 e.